The fourth-order valence-corrected chi connectivity index (χ4v) is 2.45. The number of rotatable bonds is 2. The van der Waals surface area contributed by atoms with E-state index in [0.717, 1.165) is 31.9 Å². The summed E-state index contributed by atoms with van der Waals surface area (Å²) in [6.07, 6.45) is 0. The molecule has 0 aliphatic heterocycles. The summed E-state index contributed by atoms with van der Waals surface area (Å²) in [7, 11) is 0. The first kappa shape index (κ1) is 7.76. The summed E-state index contributed by atoms with van der Waals surface area (Å²) in [5.41, 5.74) is 1.77. The molecule has 1 aromatic heterocycles. The third-order valence-corrected chi connectivity index (χ3v) is 3.18. The highest BCUT2D eigenvalue weighted by molar-refractivity contribution is 8.13. The molecule has 2 rings (SSSR count). The number of nitrogens with zero attached hydrogens (tertiary/aromatic N) is 1. The Morgan fingerprint density at radius 3 is 3.00 bits per heavy atom. The van der Waals surface area contributed by atoms with Crippen LogP contribution in [-0.2, 0) is 4.79 Å². The predicted octanol–water partition coefficient (Wildman–Crippen LogP) is 2.58. The lowest BCUT2D eigenvalue weighted by Crippen LogP contribution is -1.66. The second-order valence-corrected chi connectivity index (χ2v) is 4.27. The summed E-state index contributed by atoms with van der Waals surface area (Å²) in [6, 6.07) is 7.86. The maximum atomic E-state index is 10.2. The average molecular weight is 195 g/mol. The maximum Gasteiger partial charge on any atom is 0.183 e. The highest BCUT2D eigenvalue weighted by Crippen LogP contribution is 2.27. The van der Waals surface area contributed by atoms with E-state index in [1.165, 1.54) is 0 Å². The lowest BCUT2D eigenvalue weighted by atomic mass is 10.3. The zero-order valence-electron chi connectivity index (χ0n) is 6.06. The second kappa shape index (κ2) is 3.25. The van der Waals surface area contributed by atoms with Crippen LogP contribution < -0.4 is 0 Å². The van der Waals surface area contributed by atoms with Crippen LogP contribution in [0.15, 0.2) is 28.6 Å². The van der Waals surface area contributed by atoms with Crippen molar-refractivity contribution in [1.82, 2.24) is 4.98 Å². The highest BCUT2D eigenvalue weighted by atomic mass is 32.2. The van der Waals surface area contributed by atoms with Crippen LogP contribution in [0.5, 0.6) is 0 Å². The van der Waals surface area contributed by atoms with E-state index in [2.05, 4.69) is 4.98 Å². The summed E-state index contributed by atoms with van der Waals surface area (Å²) in [5, 5.41) is 0. The van der Waals surface area contributed by atoms with Gasteiger partial charge in [0, 0.05) is 0 Å². The molecule has 2 nitrogen and oxygen atoms in total. The Bertz CT molecular complexity index is 377. The molecule has 0 N–H and O–H groups in total. The van der Waals surface area contributed by atoms with Crippen molar-refractivity contribution in [2.75, 3.05) is 0 Å². The van der Waals surface area contributed by atoms with Crippen molar-refractivity contribution in [3.63, 3.8) is 0 Å². The van der Waals surface area contributed by atoms with Gasteiger partial charge >= 0.3 is 0 Å². The third kappa shape index (κ3) is 1.35. The Kier molecular flexibility index (Phi) is 2.10. The number of thioether (sulfide) groups is 1. The topological polar surface area (TPSA) is 30.0 Å². The Balaban J connectivity index is 2.54. The molecule has 0 aliphatic carbocycles. The first-order valence-electron chi connectivity index (χ1n) is 3.36. The van der Waals surface area contributed by atoms with Gasteiger partial charge in [0.25, 0.3) is 0 Å². The minimum Gasteiger partial charge on any atom is -0.290 e. The van der Waals surface area contributed by atoms with Gasteiger partial charge in [0.05, 0.1) is 10.2 Å². The van der Waals surface area contributed by atoms with E-state index < -0.39 is 0 Å². The number of fused-ring (bicyclic) bond motifs is 1. The molecule has 0 bridgehead atoms. The zero-order valence-corrected chi connectivity index (χ0v) is 7.69. The Morgan fingerprint density at radius 1 is 1.42 bits per heavy atom. The highest BCUT2D eigenvalue weighted by Gasteiger charge is 2.01. The number of para-hydroxylation sites is 1. The molecule has 0 aliphatic rings. The van der Waals surface area contributed by atoms with Gasteiger partial charge in [0.2, 0.25) is 0 Å². The summed E-state index contributed by atoms with van der Waals surface area (Å²) < 4.78 is 1.94. The van der Waals surface area contributed by atoms with E-state index in [9.17, 15) is 4.79 Å². The first-order valence-corrected chi connectivity index (χ1v) is 5.05. The van der Waals surface area contributed by atoms with Crippen LogP contribution in [0.1, 0.15) is 0 Å². The van der Waals surface area contributed by atoms with Gasteiger partial charge in [-0.15, -0.1) is 11.3 Å². The van der Waals surface area contributed by atoms with Crippen molar-refractivity contribution in [3.05, 3.63) is 24.3 Å². The monoisotopic (exact) mass is 195 g/mol. The summed E-state index contributed by atoms with van der Waals surface area (Å²) in [5.74, 6) is 0. The SMILES string of the molecule is O=CSc1nc2ccccc2s1. The largest absolute Gasteiger partial charge is 0.290 e. The normalized spacial score (nSPS) is 10.3. The van der Waals surface area contributed by atoms with Gasteiger partial charge in [0.15, 0.2) is 9.96 Å². The van der Waals surface area contributed by atoms with Crippen LogP contribution in [0.4, 0.5) is 0 Å². The second-order valence-electron chi connectivity index (χ2n) is 2.16. The Morgan fingerprint density at radius 2 is 2.25 bits per heavy atom. The van der Waals surface area contributed by atoms with Gasteiger partial charge in [-0.1, -0.05) is 12.1 Å². The van der Waals surface area contributed by atoms with E-state index >= 15 is 0 Å². The van der Waals surface area contributed by atoms with E-state index in [-0.39, 0.29) is 0 Å². The van der Waals surface area contributed by atoms with Gasteiger partial charge in [-0.05, 0) is 23.9 Å². The van der Waals surface area contributed by atoms with Crippen LogP contribution in [0.25, 0.3) is 10.2 Å². The van der Waals surface area contributed by atoms with Crippen molar-refractivity contribution < 1.29 is 4.79 Å². The molecule has 0 unspecified atom stereocenters. The Hall–Kier alpha value is -0.870. The molecule has 2 aromatic rings. The molecule has 0 atom stereocenters. The molecule has 0 fully saturated rings. The van der Waals surface area contributed by atoms with E-state index in [4.69, 9.17) is 0 Å². The molecule has 1 aromatic carbocycles. The molecular formula is C8H5NOS2. The lowest BCUT2D eigenvalue weighted by Gasteiger charge is -1.80. The fourth-order valence-electron chi connectivity index (χ4n) is 0.943. The minimum atomic E-state index is 0.803. The number of thiazole rings is 1. The number of aromatic nitrogens is 1. The maximum absolute atomic E-state index is 10.2. The van der Waals surface area contributed by atoms with Crippen molar-refractivity contribution in [2.24, 2.45) is 0 Å². The van der Waals surface area contributed by atoms with Crippen molar-refractivity contribution in [3.8, 4) is 0 Å². The molecule has 0 radical (unpaired) electrons. The lowest BCUT2D eigenvalue weighted by molar-refractivity contribution is 0.570. The van der Waals surface area contributed by atoms with Crippen molar-refractivity contribution in [2.45, 2.75) is 4.34 Å². The smallest absolute Gasteiger partial charge is 0.183 e. The molecule has 60 valence electrons. The van der Waals surface area contributed by atoms with Crippen molar-refractivity contribution >= 4 is 38.9 Å². The zero-order chi connectivity index (χ0) is 8.39. The molecule has 0 spiro atoms. The number of hydrogen-bond acceptors (Lipinski definition) is 4. The number of carbonyl (C=O) groups is 1. The molecule has 4 heteroatoms. The standard InChI is InChI=1S/C8H5NOS2/c10-5-11-8-9-6-3-1-2-4-7(6)12-8/h1-5H. The number of benzene rings is 1. The first-order chi connectivity index (χ1) is 5.90. The fraction of sp³-hybridized carbons (Fsp3) is 0. The molecule has 12 heavy (non-hydrogen) atoms. The molecule has 1 heterocycles. The number of carbonyl (C=O) groups excluding carboxylic acids is 1. The van der Waals surface area contributed by atoms with Gasteiger partial charge in [-0.2, -0.15) is 0 Å². The van der Waals surface area contributed by atoms with Crippen LogP contribution in [-0.4, -0.2) is 10.6 Å². The van der Waals surface area contributed by atoms with Crippen LogP contribution in [0.3, 0.4) is 0 Å². The van der Waals surface area contributed by atoms with E-state index in [0.29, 0.717) is 0 Å². The van der Waals surface area contributed by atoms with Gasteiger partial charge < -0.3 is 0 Å². The number of hydrogen-bond donors (Lipinski definition) is 0. The minimum absolute atomic E-state index is 0.803. The van der Waals surface area contributed by atoms with Crippen LogP contribution in [0, 0.1) is 0 Å². The van der Waals surface area contributed by atoms with Crippen LogP contribution in [0.2, 0.25) is 0 Å². The quantitative estimate of drug-likeness (QED) is 0.545. The molecule has 0 amide bonds. The molecule has 0 saturated heterocycles. The summed E-state index contributed by atoms with van der Waals surface area (Å²) >= 11 is 2.67. The Labute approximate surface area is 77.6 Å². The van der Waals surface area contributed by atoms with Crippen molar-refractivity contribution in [1.29, 1.82) is 0 Å². The van der Waals surface area contributed by atoms with Crippen LogP contribution >= 0.6 is 23.1 Å². The van der Waals surface area contributed by atoms with E-state index in [1.54, 1.807) is 11.3 Å². The molecule has 0 saturated carbocycles. The molecular weight excluding hydrogens is 190 g/mol. The van der Waals surface area contributed by atoms with E-state index in [1.807, 2.05) is 24.3 Å². The van der Waals surface area contributed by atoms with Gasteiger partial charge in [-0.3, -0.25) is 4.79 Å². The predicted molar refractivity (Wildman–Crippen MR) is 52.2 cm³/mol. The van der Waals surface area contributed by atoms with Gasteiger partial charge in [-0.25, -0.2) is 4.98 Å². The van der Waals surface area contributed by atoms with Gasteiger partial charge in [0.1, 0.15) is 0 Å². The summed E-state index contributed by atoms with van der Waals surface area (Å²) in [6.45, 7) is 0. The third-order valence-electron chi connectivity index (χ3n) is 1.42. The average Bonchev–Trinajstić information content (AvgIpc) is 2.47. The summed E-state index contributed by atoms with van der Waals surface area (Å²) in [4.78, 5) is 14.4.